The van der Waals surface area contributed by atoms with E-state index < -0.39 is 0 Å². The zero-order valence-corrected chi connectivity index (χ0v) is 16.6. The Bertz CT molecular complexity index is 1060. The van der Waals surface area contributed by atoms with Gasteiger partial charge in [0.15, 0.2) is 0 Å². The first-order valence-electron chi connectivity index (χ1n) is 9.93. The van der Waals surface area contributed by atoms with E-state index in [1.807, 2.05) is 32.0 Å². The van der Waals surface area contributed by atoms with Crippen LogP contribution in [0.4, 0.5) is 11.4 Å². The SMILES string of the molecule is Cc1cc(N)cc(Oc2ccc3c(c2)C2CCC3C2Oc2cc(N)cc(C)n2)n1. The van der Waals surface area contributed by atoms with Crippen LogP contribution in [0.5, 0.6) is 17.5 Å². The molecule has 0 spiro atoms. The molecule has 1 saturated carbocycles. The van der Waals surface area contributed by atoms with Gasteiger partial charge in [0.05, 0.1) is 0 Å². The van der Waals surface area contributed by atoms with Gasteiger partial charge in [-0.05, 0) is 62.1 Å². The molecule has 0 aliphatic heterocycles. The zero-order valence-electron chi connectivity index (χ0n) is 16.6. The van der Waals surface area contributed by atoms with Crippen LogP contribution in [0.25, 0.3) is 0 Å². The maximum Gasteiger partial charge on any atom is 0.221 e. The van der Waals surface area contributed by atoms with Gasteiger partial charge in [-0.25, -0.2) is 9.97 Å². The fourth-order valence-electron chi connectivity index (χ4n) is 4.77. The molecule has 3 atom stereocenters. The highest BCUT2D eigenvalue weighted by molar-refractivity contribution is 5.50. The summed E-state index contributed by atoms with van der Waals surface area (Å²) in [5.41, 5.74) is 17.5. The third-order valence-electron chi connectivity index (χ3n) is 5.82. The number of fused-ring (bicyclic) bond motifs is 5. The Kier molecular flexibility index (Phi) is 4.08. The molecular weight excluding hydrogens is 364 g/mol. The normalized spacial score (nSPS) is 21.8. The van der Waals surface area contributed by atoms with Crippen molar-refractivity contribution in [1.82, 2.24) is 9.97 Å². The molecule has 0 radical (unpaired) electrons. The molecule has 148 valence electrons. The van der Waals surface area contributed by atoms with Crippen LogP contribution in [-0.4, -0.2) is 16.1 Å². The van der Waals surface area contributed by atoms with Gasteiger partial charge < -0.3 is 20.9 Å². The third-order valence-corrected chi connectivity index (χ3v) is 5.82. The van der Waals surface area contributed by atoms with E-state index in [9.17, 15) is 0 Å². The van der Waals surface area contributed by atoms with Crippen molar-refractivity contribution in [3.63, 3.8) is 0 Å². The van der Waals surface area contributed by atoms with E-state index in [4.69, 9.17) is 20.9 Å². The molecule has 2 heterocycles. The van der Waals surface area contributed by atoms with Gasteiger partial charge >= 0.3 is 0 Å². The number of hydrogen-bond acceptors (Lipinski definition) is 6. The van der Waals surface area contributed by atoms with Gasteiger partial charge in [0, 0.05) is 46.7 Å². The van der Waals surface area contributed by atoms with Crippen molar-refractivity contribution in [2.24, 2.45) is 0 Å². The van der Waals surface area contributed by atoms with Gasteiger partial charge in [-0.15, -0.1) is 0 Å². The van der Waals surface area contributed by atoms with Gasteiger partial charge in [0.1, 0.15) is 11.9 Å². The summed E-state index contributed by atoms with van der Waals surface area (Å²) < 4.78 is 12.3. The molecule has 1 fully saturated rings. The maximum absolute atomic E-state index is 6.34. The molecule has 4 N–H and O–H groups in total. The zero-order chi connectivity index (χ0) is 20.1. The highest BCUT2D eigenvalue weighted by Gasteiger charge is 2.47. The van der Waals surface area contributed by atoms with Gasteiger partial charge in [0.25, 0.3) is 0 Å². The van der Waals surface area contributed by atoms with E-state index in [-0.39, 0.29) is 6.10 Å². The van der Waals surface area contributed by atoms with Crippen molar-refractivity contribution < 1.29 is 9.47 Å². The lowest BCUT2D eigenvalue weighted by Crippen LogP contribution is -2.20. The van der Waals surface area contributed by atoms with E-state index in [2.05, 4.69) is 22.1 Å². The molecule has 0 saturated heterocycles. The molecule has 29 heavy (non-hydrogen) atoms. The Hall–Kier alpha value is -3.28. The number of rotatable bonds is 4. The van der Waals surface area contributed by atoms with Crippen LogP contribution in [0.2, 0.25) is 0 Å². The molecule has 3 aromatic rings. The van der Waals surface area contributed by atoms with E-state index in [1.54, 1.807) is 12.1 Å². The Balaban J connectivity index is 1.40. The number of nitrogens with two attached hydrogens (primary N) is 2. The van der Waals surface area contributed by atoms with Gasteiger partial charge in [0.2, 0.25) is 11.8 Å². The summed E-state index contributed by atoms with van der Waals surface area (Å²) >= 11 is 0. The molecule has 0 amide bonds. The van der Waals surface area contributed by atoms with E-state index in [1.165, 1.54) is 11.1 Å². The summed E-state index contributed by atoms with van der Waals surface area (Å²) in [4.78, 5) is 8.91. The minimum atomic E-state index is 0.0849. The lowest BCUT2D eigenvalue weighted by atomic mass is 9.92. The van der Waals surface area contributed by atoms with Crippen molar-refractivity contribution in [2.75, 3.05) is 11.5 Å². The number of ether oxygens (including phenoxy) is 2. The Morgan fingerprint density at radius 2 is 1.41 bits per heavy atom. The Morgan fingerprint density at radius 1 is 0.793 bits per heavy atom. The lowest BCUT2D eigenvalue weighted by molar-refractivity contribution is 0.178. The fourth-order valence-corrected chi connectivity index (χ4v) is 4.77. The molecule has 6 heteroatoms. The molecule has 2 bridgehead atoms. The number of nitrogens with zero attached hydrogens (tertiary/aromatic N) is 2. The summed E-state index contributed by atoms with van der Waals surface area (Å²) in [6.45, 7) is 3.83. The fraction of sp³-hybridized carbons (Fsp3) is 0.304. The second-order valence-electron chi connectivity index (χ2n) is 8.03. The van der Waals surface area contributed by atoms with Gasteiger partial charge in [-0.3, -0.25) is 0 Å². The second-order valence-corrected chi connectivity index (χ2v) is 8.03. The lowest BCUT2D eigenvalue weighted by Gasteiger charge is -2.18. The molecule has 2 aliphatic carbocycles. The third kappa shape index (κ3) is 3.24. The topological polar surface area (TPSA) is 96.3 Å². The predicted molar refractivity (Wildman–Crippen MR) is 112 cm³/mol. The quantitative estimate of drug-likeness (QED) is 0.684. The van der Waals surface area contributed by atoms with Gasteiger partial charge in [-0.2, -0.15) is 0 Å². The van der Waals surface area contributed by atoms with E-state index >= 15 is 0 Å². The van der Waals surface area contributed by atoms with Gasteiger partial charge in [-0.1, -0.05) is 6.07 Å². The minimum absolute atomic E-state index is 0.0849. The predicted octanol–water partition coefficient (Wildman–Crippen LogP) is 4.47. The summed E-state index contributed by atoms with van der Waals surface area (Å²) in [6.07, 6.45) is 2.31. The van der Waals surface area contributed by atoms with Crippen molar-refractivity contribution >= 4 is 11.4 Å². The van der Waals surface area contributed by atoms with Crippen LogP contribution in [0.15, 0.2) is 42.5 Å². The first kappa shape index (κ1) is 17.8. The number of aryl methyl sites for hydroxylation is 2. The van der Waals surface area contributed by atoms with Crippen LogP contribution in [-0.2, 0) is 0 Å². The van der Waals surface area contributed by atoms with E-state index in [0.717, 1.165) is 30.0 Å². The van der Waals surface area contributed by atoms with Crippen LogP contribution < -0.4 is 20.9 Å². The largest absolute Gasteiger partial charge is 0.473 e. The summed E-state index contributed by atoms with van der Waals surface area (Å²) in [7, 11) is 0. The van der Waals surface area contributed by atoms with Crippen molar-refractivity contribution in [3.05, 3.63) is 65.0 Å². The highest BCUT2D eigenvalue weighted by Crippen LogP contribution is 2.55. The summed E-state index contributed by atoms with van der Waals surface area (Å²) in [6, 6.07) is 13.5. The minimum Gasteiger partial charge on any atom is -0.473 e. The van der Waals surface area contributed by atoms with Crippen molar-refractivity contribution in [2.45, 2.75) is 44.6 Å². The van der Waals surface area contributed by atoms with Crippen LogP contribution >= 0.6 is 0 Å². The monoisotopic (exact) mass is 388 g/mol. The first-order valence-corrected chi connectivity index (χ1v) is 9.93. The average molecular weight is 388 g/mol. The average Bonchev–Trinajstić information content (AvgIpc) is 3.15. The molecule has 2 aromatic heterocycles. The number of nitrogen functional groups attached to an aromatic ring is 2. The summed E-state index contributed by atoms with van der Waals surface area (Å²) in [5.74, 6) is 2.59. The highest BCUT2D eigenvalue weighted by atomic mass is 16.5. The smallest absolute Gasteiger partial charge is 0.221 e. The molecule has 6 nitrogen and oxygen atoms in total. The van der Waals surface area contributed by atoms with E-state index in [0.29, 0.717) is 35.0 Å². The second kappa shape index (κ2) is 6.65. The van der Waals surface area contributed by atoms with Crippen LogP contribution in [0, 0.1) is 13.8 Å². The standard InChI is InChI=1S/C23H24N4O2/c1-12-7-14(24)9-21(26-12)28-16-3-4-17-18-5-6-19(20(17)11-16)23(18)29-22-10-15(25)8-13(2)27-22/h3-4,7-11,18-19,23H,5-6H2,1-2H3,(H2,24,26)(H2,25,27). The molecule has 2 aliphatic rings. The number of benzene rings is 1. The molecular formula is C23H24N4O2. The molecule has 1 aromatic carbocycles. The number of hydrogen-bond donors (Lipinski definition) is 2. The molecule has 3 unspecified atom stereocenters. The Morgan fingerprint density at radius 3 is 2.10 bits per heavy atom. The number of anilines is 2. The number of pyridine rings is 2. The maximum atomic E-state index is 6.34. The Labute approximate surface area is 169 Å². The van der Waals surface area contributed by atoms with Crippen molar-refractivity contribution in [1.29, 1.82) is 0 Å². The number of aromatic nitrogens is 2. The summed E-state index contributed by atoms with van der Waals surface area (Å²) in [5, 5.41) is 0. The molecule has 5 rings (SSSR count). The van der Waals surface area contributed by atoms with Crippen LogP contribution in [0.1, 0.15) is 47.2 Å². The first-order chi connectivity index (χ1) is 14.0. The van der Waals surface area contributed by atoms with Crippen molar-refractivity contribution in [3.8, 4) is 17.5 Å². The van der Waals surface area contributed by atoms with Crippen LogP contribution in [0.3, 0.4) is 0 Å².